The zero-order valence-corrected chi connectivity index (χ0v) is 39.1. The molecule has 2 heterocycles. The smallest absolute Gasteiger partial charge is 0.224 e. The van der Waals surface area contributed by atoms with Gasteiger partial charge in [0.25, 0.3) is 0 Å². The van der Waals surface area contributed by atoms with E-state index in [4.69, 9.17) is 0 Å². The second-order valence-corrected chi connectivity index (χ2v) is 19.2. The highest BCUT2D eigenvalue weighted by atomic mass is 32.2. The Bertz CT molecular complexity index is 2730. The normalized spacial score (nSPS) is 17.8. The number of likely N-dealkylation sites (N-methyl/N-ethyl adjacent to an activating group) is 1. The summed E-state index contributed by atoms with van der Waals surface area (Å²) in [5.41, 5.74) is 11.2. The molecule has 63 heavy (non-hydrogen) atoms. The molecule has 2 N–H and O–H groups in total. The number of amides is 2. The number of nitrogens with one attached hydrogen (secondary N) is 2. The summed E-state index contributed by atoms with van der Waals surface area (Å²) in [6.07, 6.45) is 14.7. The first-order valence-electron chi connectivity index (χ1n) is 23.1. The van der Waals surface area contributed by atoms with Gasteiger partial charge < -0.3 is 15.5 Å². The van der Waals surface area contributed by atoms with Crippen molar-refractivity contribution in [1.29, 1.82) is 0 Å². The Labute approximate surface area is 378 Å². The molecule has 7 heteroatoms. The molecule has 324 valence electrons. The zero-order chi connectivity index (χ0) is 44.3. The molecule has 0 spiro atoms. The van der Waals surface area contributed by atoms with Crippen molar-refractivity contribution in [1.82, 2.24) is 5.32 Å². The molecule has 5 aromatic rings. The summed E-state index contributed by atoms with van der Waals surface area (Å²) in [4.78, 5) is 29.9. The van der Waals surface area contributed by atoms with Gasteiger partial charge in [0.05, 0.1) is 5.41 Å². The number of anilines is 2. The van der Waals surface area contributed by atoms with Crippen molar-refractivity contribution in [3.05, 3.63) is 154 Å². The third kappa shape index (κ3) is 8.69. The van der Waals surface area contributed by atoms with E-state index in [1.165, 1.54) is 71.5 Å². The van der Waals surface area contributed by atoms with Crippen LogP contribution in [-0.2, 0) is 20.4 Å². The molecular formula is C56H63N4O2S+. The number of thioether (sulfide) groups is 1. The summed E-state index contributed by atoms with van der Waals surface area (Å²) in [6.45, 7) is 18.6. The second kappa shape index (κ2) is 18.6. The van der Waals surface area contributed by atoms with Crippen molar-refractivity contribution in [2.24, 2.45) is 0 Å². The predicted molar refractivity (Wildman–Crippen MR) is 267 cm³/mol. The van der Waals surface area contributed by atoms with Gasteiger partial charge in [-0.05, 0) is 134 Å². The van der Waals surface area contributed by atoms with Crippen LogP contribution >= 0.6 is 11.8 Å². The molecule has 0 atom stereocenters. The van der Waals surface area contributed by atoms with Crippen molar-refractivity contribution < 1.29 is 14.2 Å². The van der Waals surface area contributed by atoms with Crippen LogP contribution in [0, 0.1) is 0 Å². The first-order valence-corrected chi connectivity index (χ1v) is 23.9. The summed E-state index contributed by atoms with van der Waals surface area (Å²) < 4.78 is 2.50. The Kier molecular flexibility index (Phi) is 13.0. The Morgan fingerprint density at radius 2 is 1.41 bits per heavy atom. The van der Waals surface area contributed by atoms with E-state index in [1.54, 1.807) is 0 Å². The molecule has 5 aromatic carbocycles. The molecule has 6 nitrogen and oxygen atoms in total. The van der Waals surface area contributed by atoms with Crippen molar-refractivity contribution in [2.45, 2.75) is 109 Å². The number of nitrogens with zero attached hydrogens (tertiary/aromatic N) is 2. The number of rotatable bonds is 15. The minimum absolute atomic E-state index is 0.0120. The van der Waals surface area contributed by atoms with E-state index in [1.807, 2.05) is 23.9 Å². The molecule has 2 amide bonds. The second-order valence-electron chi connectivity index (χ2n) is 18.1. The Morgan fingerprint density at radius 3 is 2.11 bits per heavy atom. The summed E-state index contributed by atoms with van der Waals surface area (Å²) in [6, 6.07) is 34.9. The van der Waals surface area contributed by atoms with Crippen LogP contribution < -0.4 is 15.5 Å². The van der Waals surface area contributed by atoms with E-state index >= 15 is 0 Å². The van der Waals surface area contributed by atoms with Gasteiger partial charge in [-0.25, -0.2) is 0 Å². The Morgan fingerprint density at radius 1 is 0.730 bits per heavy atom. The number of carbonyl (C=O) groups excluding carboxylic acids is 2. The van der Waals surface area contributed by atoms with E-state index in [0.29, 0.717) is 25.8 Å². The molecule has 0 saturated carbocycles. The standard InChI is InChI=1S/C56H62N4O2S/c1-8-11-37-57-50(61)21-16-22-51(62)58-42-29-31-43(32-30-42)63-54-40(27-35-48-55(4,5)52-44-19-14-12-17-38(44)25-33-46(52)59(48)9-2)23-24-41(54)28-36-49-56(6,7)53-45-20-15-13-18-39(45)26-34-47(53)60(49)10-3/h12-15,17-20,25-36H,8-11,16,21-24,37H2,1-7H3,(H-,57,58,61,62)/p+1. The monoisotopic (exact) mass is 855 g/mol. The Hall–Kier alpha value is -5.66. The quantitative estimate of drug-likeness (QED) is 0.0813. The topological polar surface area (TPSA) is 64.5 Å². The lowest BCUT2D eigenvalue weighted by Crippen LogP contribution is -2.27. The van der Waals surface area contributed by atoms with Crippen LogP contribution in [0.5, 0.6) is 0 Å². The maximum atomic E-state index is 12.8. The highest BCUT2D eigenvalue weighted by Crippen LogP contribution is 2.51. The SMILES string of the molecule is CCCCNC(=O)CCCC(=O)Nc1ccc(SC2=C(/C=C/C3=[N+](CC)c4ccc5ccccc5c4C3(C)C)CC/C2=C\C=C2\N(CC)c3ccc4ccccc4c3C2(C)C)cc1. The lowest BCUT2D eigenvalue weighted by Gasteiger charge is -2.26. The molecule has 0 fully saturated rings. The van der Waals surface area contributed by atoms with Crippen molar-refractivity contribution >= 4 is 67.9 Å². The van der Waals surface area contributed by atoms with Crippen LogP contribution in [0.4, 0.5) is 17.1 Å². The van der Waals surface area contributed by atoms with Crippen LogP contribution in [0.1, 0.15) is 105 Å². The fraction of sp³-hybridized carbons (Fsp3) is 0.339. The molecule has 2 aliphatic heterocycles. The van der Waals surface area contributed by atoms with Crippen LogP contribution in [0.3, 0.4) is 0 Å². The van der Waals surface area contributed by atoms with E-state index in [-0.39, 0.29) is 22.6 Å². The van der Waals surface area contributed by atoms with Gasteiger partial charge >= 0.3 is 0 Å². The fourth-order valence-corrected chi connectivity index (χ4v) is 11.2. The maximum Gasteiger partial charge on any atom is 0.224 e. The number of allylic oxidation sites excluding steroid dienone is 7. The van der Waals surface area contributed by atoms with E-state index < -0.39 is 0 Å². The third-order valence-electron chi connectivity index (χ3n) is 13.3. The van der Waals surface area contributed by atoms with Gasteiger partial charge in [-0.15, -0.1) is 0 Å². The molecule has 0 aromatic heterocycles. The number of fused-ring (bicyclic) bond motifs is 6. The minimum atomic E-state index is -0.170. The highest BCUT2D eigenvalue weighted by Gasteiger charge is 2.45. The van der Waals surface area contributed by atoms with Crippen LogP contribution in [0.15, 0.2) is 148 Å². The summed E-state index contributed by atoms with van der Waals surface area (Å²) in [5.74, 6) is -0.0614. The maximum absolute atomic E-state index is 12.8. The van der Waals surface area contributed by atoms with Gasteiger partial charge in [0.2, 0.25) is 17.5 Å². The number of hydrogen-bond acceptors (Lipinski definition) is 4. The van der Waals surface area contributed by atoms with Gasteiger partial charge in [0.1, 0.15) is 6.54 Å². The fourth-order valence-electron chi connectivity index (χ4n) is 10.1. The number of benzene rings is 5. The highest BCUT2D eigenvalue weighted by molar-refractivity contribution is 8.03. The van der Waals surface area contributed by atoms with Crippen LogP contribution in [0.2, 0.25) is 0 Å². The van der Waals surface area contributed by atoms with E-state index in [9.17, 15) is 9.59 Å². The Balaban J connectivity index is 1.10. The number of hydrogen-bond donors (Lipinski definition) is 2. The molecule has 0 bridgehead atoms. The van der Waals surface area contributed by atoms with Gasteiger partial charge in [0, 0.05) is 75.9 Å². The van der Waals surface area contributed by atoms with Gasteiger partial charge in [-0.1, -0.05) is 106 Å². The average Bonchev–Trinajstić information content (AvgIpc) is 3.85. The molecule has 8 rings (SSSR count). The zero-order valence-electron chi connectivity index (χ0n) is 38.2. The van der Waals surface area contributed by atoms with Crippen molar-refractivity contribution in [2.75, 3.05) is 29.9 Å². The van der Waals surface area contributed by atoms with Crippen molar-refractivity contribution in [3.63, 3.8) is 0 Å². The first-order chi connectivity index (χ1) is 30.5. The lowest BCUT2D eigenvalue weighted by atomic mass is 9.79. The summed E-state index contributed by atoms with van der Waals surface area (Å²) >= 11 is 1.81. The lowest BCUT2D eigenvalue weighted by molar-refractivity contribution is -0.433. The van der Waals surface area contributed by atoms with E-state index in [0.717, 1.165) is 49.4 Å². The molecule has 0 radical (unpaired) electrons. The molecule has 0 saturated heterocycles. The first kappa shape index (κ1) is 44.0. The summed E-state index contributed by atoms with van der Waals surface area (Å²) in [5, 5.41) is 11.2. The number of unbranched alkanes of at least 4 members (excludes halogenated alkanes) is 1. The molecule has 1 aliphatic carbocycles. The van der Waals surface area contributed by atoms with Gasteiger partial charge in [-0.2, -0.15) is 4.58 Å². The van der Waals surface area contributed by atoms with Crippen LogP contribution in [0.25, 0.3) is 21.5 Å². The average molecular weight is 856 g/mol. The largest absolute Gasteiger partial charge is 0.356 e. The molecule has 3 aliphatic rings. The molecule has 0 unspecified atom stereocenters. The molecular weight excluding hydrogens is 793 g/mol. The minimum Gasteiger partial charge on any atom is -0.356 e. The van der Waals surface area contributed by atoms with Gasteiger partial charge in [0.15, 0.2) is 5.71 Å². The van der Waals surface area contributed by atoms with Gasteiger partial charge in [-0.3, -0.25) is 9.59 Å². The third-order valence-corrected chi connectivity index (χ3v) is 14.5. The van der Waals surface area contributed by atoms with Crippen LogP contribution in [-0.4, -0.2) is 41.7 Å². The van der Waals surface area contributed by atoms with E-state index in [2.05, 4.69) is 178 Å². The number of carbonyl (C=O) groups is 2. The predicted octanol–water partition coefficient (Wildman–Crippen LogP) is 13.4. The van der Waals surface area contributed by atoms with Crippen molar-refractivity contribution in [3.8, 4) is 0 Å². The summed E-state index contributed by atoms with van der Waals surface area (Å²) in [7, 11) is 0.